The summed E-state index contributed by atoms with van der Waals surface area (Å²) in [6.07, 6.45) is 0.560. The van der Waals surface area contributed by atoms with E-state index in [1.807, 2.05) is 27.7 Å². The molecule has 0 saturated heterocycles. The van der Waals surface area contributed by atoms with Crippen LogP contribution in [0, 0.1) is 11.8 Å². The van der Waals surface area contributed by atoms with Crippen LogP contribution in [0.15, 0.2) is 24.3 Å². The largest absolute Gasteiger partial charge is 0.444 e. The Morgan fingerprint density at radius 2 is 1.56 bits per heavy atom. The van der Waals surface area contributed by atoms with Gasteiger partial charge in [-0.05, 0) is 42.9 Å². The lowest BCUT2D eigenvalue weighted by Crippen LogP contribution is -2.53. The third kappa shape index (κ3) is 10.3. The van der Waals surface area contributed by atoms with E-state index < -0.39 is 24.1 Å². The van der Waals surface area contributed by atoms with E-state index in [0.29, 0.717) is 18.0 Å². The minimum atomic E-state index is -0.799. The van der Waals surface area contributed by atoms with Crippen LogP contribution in [0.5, 0.6) is 0 Å². The third-order valence-electron chi connectivity index (χ3n) is 4.63. The molecule has 0 aliphatic rings. The van der Waals surface area contributed by atoms with Gasteiger partial charge in [0.2, 0.25) is 17.7 Å². The summed E-state index contributed by atoms with van der Waals surface area (Å²) in [5, 5.41) is 8.17. The van der Waals surface area contributed by atoms with E-state index in [0.717, 1.165) is 12.0 Å². The number of carbonyl (C=O) groups is 4. The fourth-order valence-corrected chi connectivity index (χ4v) is 2.84. The minimum absolute atomic E-state index is 0.106. The molecule has 1 rings (SSSR count). The van der Waals surface area contributed by atoms with E-state index in [4.69, 9.17) is 4.74 Å². The Morgan fingerprint density at radius 3 is 2.09 bits per heavy atom. The van der Waals surface area contributed by atoms with Crippen LogP contribution < -0.4 is 19.5 Å². The van der Waals surface area contributed by atoms with Crippen LogP contribution in [0.3, 0.4) is 0 Å². The summed E-state index contributed by atoms with van der Waals surface area (Å²) in [6.45, 7) is 9.43. The minimum Gasteiger partial charge on any atom is -0.444 e. The Bertz CT molecular complexity index is 783. The fourth-order valence-electron chi connectivity index (χ4n) is 2.68. The number of halogens is 1. The smallest absolute Gasteiger partial charge is 0.416 e. The van der Waals surface area contributed by atoms with Crippen LogP contribution in [0.25, 0.3) is 0 Å². The molecule has 0 heterocycles. The molecule has 10 heteroatoms. The number of amides is 4. The third-order valence-corrected chi connectivity index (χ3v) is 5.08. The first-order valence-corrected chi connectivity index (χ1v) is 11.6. The molecule has 0 spiro atoms. The zero-order valence-corrected chi connectivity index (χ0v) is 21.3. The van der Waals surface area contributed by atoms with E-state index in [2.05, 4.69) is 19.5 Å². The van der Waals surface area contributed by atoms with Crippen molar-refractivity contribution in [3.63, 3.8) is 0 Å². The topological polar surface area (TPSA) is 126 Å². The van der Waals surface area contributed by atoms with Crippen LogP contribution in [-0.2, 0) is 25.7 Å². The van der Waals surface area contributed by atoms with E-state index in [1.165, 1.54) is 0 Å². The van der Waals surface area contributed by atoms with Crippen molar-refractivity contribution in [3.05, 3.63) is 29.8 Å². The van der Waals surface area contributed by atoms with Gasteiger partial charge in [0, 0.05) is 12.1 Å². The van der Waals surface area contributed by atoms with E-state index in [9.17, 15) is 19.2 Å². The Balaban J connectivity index is 2.60. The molecule has 0 aromatic heterocycles. The predicted molar refractivity (Wildman–Crippen MR) is 131 cm³/mol. The van der Waals surface area contributed by atoms with E-state index >= 15 is 0 Å². The molecule has 4 amide bonds. The summed E-state index contributed by atoms with van der Waals surface area (Å²) in [4.78, 5) is 48.4. The second kappa shape index (κ2) is 13.9. The lowest BCUT2D eigenvalue weighted by Gasteiger charge is -2.24. The number of benzene rings is 1. The van der Waals surface area contributed by atoms with Crippen LogP contribution in [0.1, 0.15) is 53.0 Å². The number of ether oxygens (including phenoxy) is 1. The molecule has 0 saturated carbocycles. The number of carbonyl (C=O) groups excluding carboxylic acids is 4. The van der Waals surface area contributed by atoms with Gasteiger partial charge in [0.1, 0.15) is 18.7 Å². The van der Waals surface area contributed by atoms with Gasteiger partial charge in [-0.15, -0.1) is 0 Å². The predicted octanol–water partition coefficient (Wildman–Crippen LogP) is 3.28. The van der Waals surface area contributed by atoms with Gasteiger partial charge in [0.15, 0.2) is 0 Å². The first-order chi connectivity index (χ1) is 15.0. The molecule has 2 atom stereocenters. The average molecular weight is 560 g/mol. The highest BCUT2D eigenvalue weighted by Crippen LogP contribution is 2.12. The van der Waals surface area contributed by atoms with Gasteiger partial charge in [-0.25, -0.2) is 4.79 Å². The van der Waals surface area contributed by atoms with E-state index in [-0.39, 0.29) is 24.3 Å². The van der Waals surface area contributed by atoms with Crippen molar-refractivity contribution in [2.24, 2.45) is 11.8 Å². The highest BCUT2D eigenvalue weighted by molar-refractivity contribution is 14.1. The number of hydrogen-bond acceptors (Lipinski definition) is 5. The molecule has 1 aromatic rings. The lowest BCUT2D eigenvalue weighted by molar-refractivity contribution is -0.131. The first-order valence-electron chi connectivity index (χ1n) is 10.6. The second-order valence-electron chi connectivity index (χ2n) is 8.31. The van der Waals surface area contributed by atoms with Gasteiger partial charge < -0.3 is 20.7 Å². The zero-order valence-electron chi connectivity index (χ0n) is 19.2. The summed E-state index contributed by atoms with van der Waals surface area (Å²) in [7, 11) is 0. The lowest BCUT2D eigenvalue weighted by atomic mass is 10.0. The normalized spacial score (nSPS) is 12.6. The highest BCUT2D eigenvalue weighted by Gasteiger charge is 2.27. The molecule has 0 bridgehead atoms. The molecule has 32 heavy (non-hydrogen) atoms. The zero-order chi connectivity index (χ0) is 24.3. The van der Waals surface area contributed by atoms with Crippen molar-refractivity contribution in [1.82, 2.24) is 14.2 Å². The van der Waals surface area contributed by atoms with Crippen LogP contribution >= 0.6 is 22.9 Å². The maximum atomic E-state index is 12.7. The molecule has 178 valence electrons. The molecule has 1 aromatic carbocycles. The summed E-state index contributed by atoms with van der Waals surface area (Å²) >= 11 is 1.68. The molecular weight excluding hydrogens is 527 g/mol. The van der Waals surface area contributed by atoms with Crippen molar-refractivity contribution in [3.8, 4) is 0 Å². The quantitative estimate of drug-likeness (QED) is 0.244. The fraction of sp³-hybridized carbons (Fsp3) is 0.545. The molecule has 0 aliphatic heterocycles. The number of rotatable bonds is 11. The number of nitrogens with one attached hydrogen (secondary N) is 4. The number of hydrogen-bond donors (Lipinski definition) is 4. The molecule has 0 fully saturated rings. The van der Waals surface area contributed by atoms with Crippen LogP contribution in [0.2, 0.25) is 0 Å². The van der Waals surface area contributed by atoms with Gasteiger partial charge in [-0.1, -0.05) is 39.8 Å². The highest BCUT2D eigenvalue weighted by atomic mass is 127. The van der Waals surface area contributed by atoms with Gasteiger partial charge in [0.25, 0.3) is 0 Å². The maximum Gasteiger partial charge on any atom is 0.416 e. The van der Waals surface area contributed by atoms with Crippen molar-refractivity contribution in [2.45, 2.75) is 66.2 Å². The van der Waals surface area contributed by atoms with Crippen molar-refractivity contribution in [1.29, 1.82) is 0 Å². The van der Waals surface area contributed by atoms with Crippen molar-refractivity contribution < 1.29 is 23.9 Å². The average Bonchev–Trinajstić information content (AvgIpc) is 2.74. The van der Waals surface area contributed by atoms with Crippen LogP contribution in [0.4, 0.5) is 10.5 Å². The molecule has 4 N–H and O–H groups in total. The SMILES string of the molecule is CC(C)CCC(=O)N[C@H](C(=O)N[C@@H](C)C(=O)Nc1ccc(COC(=O)NI)cc1)C(C)C. The molecular formula is C22H33IN4O5. The molecule has 0 unspecified atom stereocenters. The monoisotopic (exact) mass is 560 g/mol. The Kier molecular flexibility index (Phi) is 12.0. The van der Waals surface area contributed by atoms with Gasteiger partial charge in [-0.2, -0.15) is 0 Å². The molecule has 0 aliphatic carbocycles. The first kappa shape index (κ1) is 27.7. The van der Waals surface area contributed by atoms with E-state index in [1.54, 1.807) is 54.1 Å². The Hall–Kier alpha value is -2.37. The summed E-state index contributed by atoms with van der Waals surface area (Å²) in [5.41, 5.74) is 1.30. The Morgan fingerprint density at radius 1 is 0.938 bits per heavy atom. The summed E-state index contributed by atoms with van der Waals surface area (Å²) in [5.74, 6) is -0.697. The molecule has 0 radical (unpaired) electrons. The summed E-state index contributed by atoms with van der Waals surface area (Å²) in [6, 6.07) is 5.29. The second-order valence-corrected chi connectivity index (χ2v) is 8.85. The van der Waals surface area contributed by atoms with Gasteiger partial charge >= 0.3 is 6.09 Å². The maximum absolute atomic E-state index is 12.7. The molecule has 9 nitrogen and oxygen atoms in total. The van der Waals surface area contributed by atoms with Crippen LogP contribution in [-0.4, -0.2) is 35.9 Å². The van der Waals surface area contributed by atoms with Crippen molar-refractivity contribution >= 4 is 52.4 Å². The van der Waals surface area contributed by atoms with Gasteiger partial charge in [-0.3, -0.25) is 17.9 Å². The summed E-state index contributed by atoms with van der Waals surface area (Å²) < 4.78 is 7.28. The standard InChI is InChI=1S/C22H33IN4O5/c1-13(2)6-11-18(28)26-19(14(3)4)21(30)24-15(5)20(29)25-17-9-7-16(8-10-17)12-32-22(31)27-23/h7-10,13-15,19H,6,11-12H2,1-5H3,(H,24,30)(H,25,29)(H,26,28)(H,27,31)/t15-,19-/m0/s1. The number of anilines is 1. The Labute approximate surface area is 203 Å². The van der Waals surface area contributed by atoms with Crippen molar-refractivity contribution in [2.75, 3.05) is 5.32 Å². The van der Waals surface area contributed by atoms with Gasteiger partial charge in [0.05, 0.1) is 22.9 Å².